The molecule has 0 N–H and O–H groups in total. The average molecular weight is 234 g/mol. The van der Waals surface area contributed by atoms with Crippen molar-refractivity contribution in [3.63, 3.8) is 0 Å². The fraction of sp³-hybridized carbons (Fsp3) is 0.273. The van der Waals surface area contributed by atoms with Gasteiger partial charge in [-0.1, -0.05) is 6.92 Å². The number of aryl methyl sites for hydroxylation is 1. The van der Waals surface area contributed by atoms with Crippen molar-refractivity contribution in [2.75, 3.05) is 0 Å². The highest BCUT2D eigenvalue weighted by Crippen LogP contribution is 2.17. The van der Waals surface area contributed by atoms with Crippen LogP contribution in [0.5, 0.6) is 0 Å². The highest BCUT2D eigenvalue weighted by atomic mass is 16.6. The minimum Gasteiger partial charge on any atom is -0.408 e. The molecule has 6 nitrogen and oxygen atoms in total. The van der Waals surface area contributed by atoms with E-state index >= 15 is 0 Å². The van der Waals surface area contributed by atoms with Crippen LogP contribution in [0.3, 0.4) is 0 Å². The van der Waals surface area contributed by atoms with Gasteiger partial charge in [-0.15, -0.1) is 0 Å². The fourth-order valence-electron chi connectivity index (χ4n) is 1.54. The van der Waals surface area contributed by atoms with Crippen LogP contribution in [-0.4, -0.2) is 9.91 Å². The van der Waals surface area contributed by atoms with Crippen molar-refractivity contribution in [2.24, 2.45) is 0 Å². The van der Waals surface area contributed by atoms with Gasteiger partial charge in [0.1, 0.15) is 0 Å². The Balaban J connectivity index is 2.66. The fourth-order valence-corrected chi connectivity index (χ4v) is 1.54. The van der Waals surface area contributed by atoms with Crippen LogP contribution in [0, 0.1) is 10.1 Å². The quantitative estimate of drug-likeness (QED) is 0.599. The Morgan fingerprint density at radius 1 is 1.47 bits per heavy atom. The molecular formula is C11H10N2O4. The zero-order chi connectivity index (χ0) is 12.4. The van der Waals surface area contributed by atoms with Crippen molar-refractivity contribution in [1.82, 2.24) is 4.98 Å². The molecule has 2 rings (SSSR count). The highest BCUT2D eigenvalue weighted by molar-refractivity contribution is 5.79. The summed E-state index contributed by atoms with van der Waals surface area (Å²) in [4.78, 5) is 25.8. The average Bonchev–Trinajstić information content (AvgIpc) is 2.28. The minimum atomic E-state index is -0.519. The molecule has 0 fully saturated rings. The zero-order valence-corrected chi connectivity index (χ0v) is 9.17. The summed E-state index contributed by atoms with van der Waals surface area (Å²) in [6.45, 7) is 1.93. The van der Waals surface area contributed by atoms with Crippen LogP contribution in [-0.2, 0) is 6.42 Å². The van der Waals surface area contributed by atoms with E-state index in [1.165, 1.54) is 18.2 Å². The van der Waals surface area contributed by atoms with Gasteiger partial charge < -0.3 is 4.42 Å². The first-order chi connectivity index (χ1) is 8.11. The molecule has 1 heterocycles. The van der Waals surface area contributed by atoms with E-state index in [1.54, 1.807) is 0 Å². The van der Waals surface area contributed by atoms with Gasteiger partial charge in [0, 0.05) is 18.6 Å². The van der Waals surface area contributed by atoms with E-state index in [9.17, 15) is 14.9 Å². The standard InChI is InChI=1S/C11H10N2O4/c1-2-3-10-12-9-6-7(13(15)16)4-5-8(9)11(14)17-10/h4-6H,2-3H2,1H3. The maximum Gasteiger partial charge on any atom is 0.346 e. The first-order valence-electron chi connectivity index (χ1n) is 5.20. The molecule has 0 amide bonds. The van der Waals surface area contributed by atoms with Crippen molar-refractivity contribution in [3.8, 4) is 0 Å². The van der Waals surface area contributed by atoms with Gasteiger partial charge in [-0.05, 0) is 12.5 Å². The molecule has 0 aliphatic carbocycles. The molecule has 88 valence electrons. The highest BCUT2D eigenvalue weighted by Gasteiger charge is 2.11. The molecular weight excluding hydrogens is 224 g/mol. The molecule has 0 atom stereocenters. The summed E-state index contributed by atoms with van der Waals surface area (Å²) in [6.07, 6.45) is 1.32. The molecule has 0 saturated carbocycles. The summed E-state index contributed by atoms with van der Waals surface area (Å²) in [7, 11) is 0. The molecule has 6 heteroatoms. The number of hydrogen-bond acceptors (Lipinski definition) is 5. The van der Waals surface area contributed by atoms with Crippen LogP contribution in [0.1, 0.15) is 19.2 Å². The second-order valence-electron chi connectivity index (χ2n) is 3.60. The third-order valence-corrected chi connectivity index (χ3v) is 2.33. The van der Waals surface area contributed by atoms with E-state index < -0.39 is 10.5 Å². The Morgan fingerprint density at radius 3 is 2.88 bits per heavy atom. The van der Waals surface area contributed by atoms with Crippen molar-refractivity contribution < 1.29 is 9.34 Å². The summed E-state index contributed by atoms with van der Waals surface area (Å²) >= 11 is 0. The van der Waals surface area contributed by atoms with Gasteiger partial charge in [0.15, 0.2) is 5.89 Å². The summed E-state index contributed by atoms with van der Waals surface area (Å²) in [5.74, 6) is 0.311. The second-order valence-corrected chi connectivity index (χ2v) is 3.60. The second kappa shape index (κ2) is 4.32. The Hall–Kier alpha value is -2.24. The smallest absolute Gasteiger partial charge is 0.346 e. The Labute approximate surface area is 96.0 Å². The normalized spacial score (nSPS) is 10.6. The summed E-state index contributed by atoms with van der Waals surface area (Å²) in [6, 6.07) is 3.91. The van der Waals surface area contributed by atoms with Crippen LogP contribution in [0.25, 0.3) is 10.9 Å². The number of aromatic nitrogens is 1. The lowest BCUT2D eigenvalue weighted by Gasteiger charge is -1.99. The van der Waals surface area contributed by atoms with Crippen molar-refractivity contribution in [1.29, 1.82) is 0 Å². The zero-order valence-electron chi connectivity index (χ0n) is 9.17. The van der Waals surface area contributed by atoms with Crippen LogP contribution >= 0.6 is 0 Å². The predicted molar refractivity (Wildman–Crippen MR) is 60.9 cm³/mol. The van der Waals surface area contributed by atoms with Crippen LogP contribution in [0.4, 0.5) is 5.69 Å². The Morgan fingerprint density at radius 2 is 2.24 bits per heavy atom. The SMILES string of the molecule is CCCc1nc2cc([N+](=O)[O-])ccc2c(=O)o1. The van der Waals surface area contributed by atoms with E-state index in [0.717, 1.165) is 6.42 Å². The lowest BCUT2D eigenvalue weighted by molar-refractivity contribution is -0.384. The van der Waals surface area contributed by atoms with Crippen LogP contribution in [0.15, 0.2) is 27.4 Å². The topological polar surface area (TPSA) is 86.2 Å². The van der Waals surface area contributed by atoms with Crippen molar-refractivity contribution in [3.05, 3.63) is 44.6 Å². The van der Waals surface area contributed by atoms with Gasteiger partial charge in [-0.2, -0.15) is 0 Å². The van der Waals surface area contributed by atoms with E-state index in [2.05, 4.69) is 4.98 Å². The number of nitrogens with zero attached hydrogens (tertiary/aromatic N) is 2. The summed E-state index contributed by atoms with van der Waals surface area (Å²) < 4.78 is 4.99. The van der Waals surface area contributed by atoms with E-state index in [4.69, 9.17) is 4.42 Å². The number of non-ortho nitro benzene ring substituents is 1. The monoisotopic (exact) mass is 234 g/mol. The molecule has 1 aromatic carbocycles. The van der Waals surface area contributed by atoms with Crippen LogP contribution < -0.4 is 5.63 Å². The molecule has 0 aliphatic rings. The number of nitro groups is 1. The number of hydrogen-bond donors (Lipinski definition) is 0. The van der Waals surface area contributed by atoms with E-state index in [0.29, 0.717) is 17.8 Å². The predicted octanol–water partition coefficient (Wildman–Crippen LogP) is 2.05. The molecule has 0 unspecified atom stereocenters. The van der Waals surface area contributed by atoms with Crippen molar-refractivity contribution in [2.45, 2.75) is 19.8 Å². The molecule has 0 radical (unpaired) electrons. The molecule has 2 aromatic rings. The largest absolute Gasteiger partial charge is 0.408 e. The lowest BCUT2D eigenvalue weighted by Crippen LogP contribution is -2.05. The molecule has 0 saturated heterocycles. The number of fused-ring (bicyclic) bond motifs is 1. The molecule has 0 aliphatic heterocycles. The Bertz CT molecular complexity index is 633. The van der Waals surface area contributed by atoms with E-state index in [1.807, 2.05) is 6.92 Å². The Kier molecular flexibility index (Phi) is 2.86. The molecule has 0 spiro atoms. The maximum atomic E-state index is 11.6. The molecule has 0 bridgehead atoms. The summed E-state index contributed by atoms with van der Waals surface area (Å²) in [5, 5.41) is 10.9. The first-order valence-corrected chi connectivity index (χ1v) is 5.20. The van der Waals surface area contributed by atoms with Gasteiger partial charge in [-0.25, -0.2) is 9.78 Å². The van der Waals surface area contributed by atoms with E-state index in [-0.39, 0.29) is 11.1 Å². The third kappa shape index (κ3) is 2.15. The number of nitro benzene ring substituents is 1. The maximum absolute atomic E-state index is 11.6. The van der Waals surface area contributed by atoms with Gasteiger partial charge in [0.05, 0.1) is 15.8 Å². The van der Waals surface area contributed by atoms with Crippen molar-refractivity contribution >= 4 is 16.6 Å². The van der Waals surface area contributed by atoms with Gasteiger partial charge in [0.2, 0.25) is 0 Å². The first kappa shape index (κ1) is 11.3. The number of rotatable bonds is 3. The minimum absolute atomic E-state index is 0.0851. The van der Waals surface area contributed by atoms with Gasteiger partial charge in [0.25, 0.3) is 5.69 Å². The number of benzene rings is 1. The molecule has 1 aromatic heterocycles. The lowest BCUT2D eigenvalue weighted by atomic mass is 10.2. The van der Waals surface area contributed by atoms with Gasteiger partial charge >= 0.3 is 5.63 Å². The third-order valence-electron chi connectivity index (χ3n) is 2.33. The van der Waals surface area contributed by atoms with Gasteiger partial charge in [-0.3, -0.25) is 10.1 Å². The van der Waals surface area contributed by atoms with Crippen LogP contribution in [0.2, 0.25) is 0 Å². The molecule has 17 heavy (non-hydrogen) atoms. The summed E-state index contributed by atoms with van der Waals surface area (Å²) in [5.41, 5.74) is -0.287.